The van der Waals surface area contributed by atoms with Crippen LogP contribution in [-0.4, -0.2) is 30.5 Å². The van der Waals surface area contributed by atoms with Crippen LogP contribution in [-0.2, 0) is 0 Å². The van der Waals surface area contributed by atoms with E-state index in [0.29, 0.717) is 35.8 Å². The van der Waals surface area contributed by atoms with Crippen LogP contribution in [0.4, 0.5) is 4.39 Å². The lowest BCUT2D eigenvalue weighted by Crippen LogP contribution is -2.50. The number of nitrogens with one attached hydrogen (secondary N) is 1. The summed E-state index contributed by atoms with van der Waals surface area (Å²) in [5.74, 6) is 3.22. The number of alkyl halides is 1. The van der Waals surface area contributed by atoms with Crippen molar-refractivity contribution in [2.75, 3.05) is 13.1 Å². The summed E-state index contributed by atoms with van der Waals surface area (Å²) < 4.78 is 14.1. The molecule has 0 aromatic carbocycles. The molecule has 1 N–H and O–H groups in total. The number of aliphatic imine (C=N–C) groups is 1. The molecule has 1 aliphatic heterocycles. The number of hydrogen-bond acceptors (Lipinski definition) is 2. The van der Waals surface area contributed by atoms with E-state index in [2.05, 4.69) is 45.7 Å². The molecule has 3 heteroatoms. The summed E-state index contributed by atoms with van der Waals surface area (Å²) in [5.41, 5.74) is 2.83. The fourth-order valence-corrected chi connectivity index (χ4v) is 9.22. The van der Waals surface area contributed by atoms with E-state index < -0.39 is 5.67 Å². The van der Waals surface area contributed by atoms with E-state index in [0.717, 1.165) is 37.1 Å². The predicted molar refractivity (Wildman–Crippen MR) is 144 cm³/mol. The van der Waals surface area contributed by atoms with Crippen molar-refractivity contribution in [3.8, 4) is 0 Å². The Morgan fingerprint density at radius 2 is 1.97 bits per heavy atom. The third-order valence-electron chi connectivity index (χ3n) is 10.8. The van der Waals surface area contributed by atoms with Crippen LogP contribution in [0.3, 0.4) is 0 Å². The van der Waals surface area contributed by atoms with Gasteiger partial charge in [-0.25, -0.2) is 4.39 Å². The fourth-order valence-electron chi connectivity index (χ4n) is 9.22. The van der Waals surface area contributed by atoms with Crippen LogP contribution in [0.15, 0.2) is 29.3 Å². The second kappa shape index (κ2) is 10.2. The van der Waals surface area contributed by atoms with Gasteiger partial charge in [-0.3, -0.25) is 4.99 Å². The second-order valence-electron chi connectivity index (χ2n) is 13.0. The third kappa shape index (κ3) is 4.84. The molecule has 0 bridgehead atoms. The first-order chi connectivity index (χ1) is 16.1. The maximum atomic E-state index is 14.1. The standard InChI is InChI=1S/C31H51FN2/c1-7-10-23-12-13-25-27-15-14-26(31(27,6)18-16-28(25)30(23,5)17-8-2)22(3)33-19-9-11-24-20-29(4,32)21-34-24/h7,10,24-28,34H,1,8-9,11-21H2,2-6H3/b23-10-,33-22?. The summed E-state index contributed by atoms with van der Waals surface area (Å²) in [6.45, 7) is 17.0. The van der Waals surface area contributed by atoms with Gasteiger partial charge < -0.3 is 5.32 Å². The van der Waals surface area contributed by atoms with Gasteiger partial charge in [-0.2, -0.15) is 0 Å². The van der Waals surface area contributed by atoms with Crippen molar-refractivity contribution in [1.29, 1.82) is 0 Å². The monoisotopic (exact) mass is 470 g/mol. The van der Waals surface area contributed by atoms with Crippen LogP contribution in [0.25, 0.3) is 0 Å². The highest BCUT2D eigenvalue weighted by atomic mass is 19.1. The largest absolute Gasteiger partial charge is 0.311 e. The average Bonchev–Trinajstić information content (AvgIpc) is 3.32. The Morgan fingerprint density at radius 1 is 1.18 bits per heavy atom. The highest BCUT2D eigenvalue weighted by molar-refractivity contribution is 5.85. The van der Waals surface area contributed by atoms with E-state index in [1.54, 1.807) is 12.5 Å². The van der Waals surface area contributed by atoms with E-state index >= 15 is 0 Å². The first-order valence-corrected chi connectivity index (χ1v) is 14.4. The molecule has 0 aromatic rings. The van der Waals surface area contributed by atoms with Crippen molar-refractivity contribution in [2.45, 2.75) is 117 Å². The van der Waals surface area contributed by atoms with Crippen LogP contribution < -0.4 is 5.32 Å². The van der Waals surface area contributed by atoms with Crippen LogP contribution in [0.5, 0.6) is 0 Å². The molecule has 0 amide bonds. The topological polar surface area (TPSA) is 24.4 Å². The SMILES string of the molecule is C=C/C=C1/CCC2C(CCC3(C)C(C(C)=NCCCC4CC(C)(F)CN4)CCC23)C1(C)CCC. The van der Waals surface area contributed by atoms with Crippen molar-refractivity contribution < 1.29 is 4.39 Å². The number of nitrogens with zero attached hydrogens (tertiary/aromatic N) is 1. The maximum Gasteiger partial charge on any atom is 0.122 e. The Balaban J connectivity index is 1.40. The zero-order chi connectivity index (χ0) is 24.6. The lowest BCUT2D eigenvalue weighted by Gasteiger charge is -2.57. The minimum atomic E-state index is -1.02. The summed E-state index contributed by atoms with van der Waals surface area (Å²) in [7, 11) is 0. The Bertz CT molecular complexity index is 797. The molecule has 2 nitrogen and oxygen atoms in total. The molecular weight excluding hydrogens is 419 g/mol. The summed E-state index contributed by atoms with van der Waals surface area (Å²) >= 11 is 0. The van der Waals surface area contributed by atoms with Gasteiger partial charge in [-0.05, 0) is 107 Å². The van der Waals surface area contributed by atoms with E-state index in [1.165, 1.54) is 57.1 Å². The van der Waals surface area contributed by atoms with Gasteiger partial charge in [0.25, 0.3) is 0 Å². The van der Waals surface area contributed by atoms with Crippen molar-refractivity contribution in [3.63, 3.8) is 0 Å². The molecule has 0 radical (unpaired) electrons. The molecule has 3 aliphatic carbocycles. The third-order valence-corrected chi connectivity index (χ3v) is 10.8. The molecule has 8 unspecified atom stereocenters. The van der Waals surface area contributed by atoms with Gasteiger partial charge in [-0.1, -0.05) is 51.5 Å². The second-order valence-corrected chi connectivity index (χ2v) is 13.0. The van der Waals surface area contributed by atoms with Crippen LogP contribution in [0.1, 0.15) is 105 Å². The van der Waals surface area contributed by atoms with Crippen molar-refractivity contribution in [1.82, 2.24) is 5.32 Å². The van der Waals surface area contributed by atoms with Gasteiger partial charge >= 0.3 is 0 Å². The number of rotatable bonds is 8. The summed E-state index contributed by atoms with van der Waals surface area (Å²) in [5, 5.41) is 3.35. The van der Waals surface area contributed by atoms with Crippen molar-refractivity contribution in [3.05, 3.63) is 24.3 Å². The first kappa shape index (κ1) is 26.1. The zero-order valence-corrected chi connectivity index (χ0v) is 22.8. The maximum absolute atomic E-state index is 14.1. The van der Waals surface area contributed by atoms with Crippen LogP contribution >= 0.6 is 0 Å². The van der Waals surface area contributed by atoms with Crippen LogP contribution in [0.2, 0.25) is 0 Å². The lowest BCUT2D eigenvalue weighted by molar-refractivity contribution is -0.0408. The summed E-state index contributed by atoms with van der Waals surface area (Å²) in [4.78, 5) is 5.11. The predicted octanol–water partition coefficient (Wildman–Crippen LogP) is 8.09. The smallest absolute Gasteiger partial charge is 0.122 e. The van der Waals surface area contributed by atoms with Gasteiger partial charge in [0.2, 0.25) is 0 Å². The van der Waals surface area contributed by atoms with Gasteiger partial charge in [0.05, 0.1) is 0 Å². The normalized spacial score (nSPS) is 45.9. The van der Waals surface area contributed by atoms with Gasteiger partial charge in [-0.15, -0.1) is 0 Å². The van der Waals surface area contributed by atoms with Crippen molar-refractivity contribution >= 4 is 5.71 Å². The van der Waals surface area contributed by atoms with Gasteiger partial charge in [0, 0.05) is 30.8 Å². The molecule has 0 aromatic heterocycles. The Labute approximate surface area is 209 Å². The molecule has 4 fully saturated rings. The van der Waals surface area contributed by atoms with E-state index in [9.17, 15) is 4.39 Å². The average molecular weight is 471 g/mol. The molecule has 192 valence electrons. The molecule has 1 heterocycles. The Hall–Kier alpha value is -0.960. The Kier molecular flexibility index (Phi) is 7.83. The number of halogens is 1. The van der Waals surface area contributed by atoms with E-state index in [-0.39, 0.29) is 0 Å². The minimum absolute atomic E-state index is 0.331. The molecule has 4 rings (SSSR count). The van der Waals surface area contributed by atoms with Gasteiger partial charge in [0.1, 0.15) is 5.67 Å². The highest BCUT2D eigenvalue weighted by Crippen LogP contribution is 2.66. The number of fused-ring (bicyclic) bond motifs is 3. The van der Waals surface area contributed by atoms with E-state index in [4.69, 9.17) is 4.99 Å². The quantitative estimate of drug-likeness (QED) is 0.281. The number of hydrogen-bond donors (Lipinski definition) is 1. The van der Waals surface area contributed by atoms with Gasteiger partial charge in [0.15, 0.2) is 0 Å². The first-order valence-electron chi connectivity index (χ1n) is 14.4. The molecule has 3 saturated carbocycles. The molecule has 4 aliphatic rings. The van der Waals surface area contributed by atoms with E-state index in [1.807, 2.05) is 6.08 Å². The van der Waals surface area contributed by atoms with Crippen LogP contribution in [0, 0.1) is 34.5 Å². The molecule has 8 atom stereocenters. The van der Waals surface area contributed by atoms with Crippen molar-refractivity contribution in [2.24, 2.45) is 39.5 Å². The lowest BCUT2D eigenvalue weighted by atomic mass is 9.47. The number of allylic oxidation sites excluding steroid dienone is 3. The highest BCUT2D eigenvalue weighted by Gasteiger charge is 2.58. The minimum Gasteiger partial charge on any atom is -0.311 e. The summed E-state index contributed by atoms with van der Waals surface area (Å²) in [6.07, 6.45) is 17.8. The summed E-state index contributed by atoms with van der Waals surface area (Å²) in [6, 6.07) is 0.331. The molecule has 34 heavy (non-hydrogen) atoms. The molecule has 0 spiro atoms. The fraction of sp³-hybridized carbons (Fsp3) is 0.839. The Morgan fingerprint density at radius 3 is 2.65 bits per heavy atom. The zero-order valence-electron chi connectivity index (χ0n) is 22.8. The molecular formula is C31H51FN2. The molecule has 1 saturated heterocycles.